The van der Waals surface area contributed by atoms with Gasteiger partial charge in [0.15, 0.2) is 0 Å². The molecule has 1 aromatic carbocycles. The van der Waals surface area contributed by atoms with E-state index in [-0.39, 0.29) is 0 Å². The molecule has 1 aromatic rings. The summed E-state index contributed by atoms with van der Waals surface area (Å²) in [6, 6.07) is 8.33. The van der Waals surface area contributed by atoms with E-state index in [9.17, 15) is 0 Å². The molecule has 0 amide bonds. The minimum Gasteiger partial charge on any atom is -0.490 e. The molecule has 0 aliphatic carbocycles. The lowest BCUT2D eigenvalue weighted by Gasteiger charge is -2.28. The van der Waals surface area contributed by atoms with Crippen LogP contribution in [0, 0.1) is 12.8 Å². The summed E-state index contributed by atoms with van der Waals surface area (Å²) in [6.07, 6.45) is 2.78. The topological polar surface area (TPSA) is 21.3 Å². The van der Waals surface area contributed by atoms with Crippen LogP contribution in [-0.4, -0.2) is 19.2 Å². The van der Waals surface area contributed by atoms with Crippen LogP contribution < -0.4 is 10.1 Å². The molecule has 2 nitrogen and oxygen atoms in total. The predicted molar refractivity (Wildman–Crippen MR) is 66.9 cm³/mol. The zero-order valence-corrected chi connectivity index (χ0v) is 10.2. The van der Waals surface area contributed by atoms with Crippen LogP contribution in [0.3, 0.4) is 0 Å². The van der Waals surface area contributed by atoms with Crippen LogP contribution in [0.15, 0.2) is 24.3 Å². The van der Waals surface area contributed by atoms with Crippen molar-refractivity contribution in [3.05, 3.63) is 29.8 Å². The number of hydrogen-bond donors (Lipinski definition) is 1. The molecule has 0 bridgehead atoms. The molecule has 0 saturated carbocycles. The Kier molecular flexibility index (Phi) is 3.83. The van der Waals surface area contributed by atoms with Gasteiger partial charge >= 0.3 is 0 Å². The van der Waals surface area contributed by atoms with Gasteiger partial charge in [0.1, 0.15) is 5.75 Å². The van der Waals surface area contributed by atoms with Gasteiger partial charge in [-0.1, -0.05) is 17.7 Å². The lowest BCUT2D eigenvalue weighted by atomic mass is 9.93. The standard InChI is InChI=1S/C14H21NO/c1-11-3-5-14(6-4-11)16-12(2)13-7-9-15-10-8-13/h3-6,12-13,15H,7-10H2,1-2H3. The van der Waals surface area contributed by atoms with E-state index in [1.54, 1.807) is 0 Å². The van der Waals surface area contributed by atoms with E-state index in [1.165, 1.54) is 18.4 Å². The van der Waals surface area contributed by atoms with Crippen LogP contribution >= 0.6 is 0 Å². The summed E-state index contributed by atoms with van der Waals surface area (Å²) in [5.41, 5.74) is 1.28. The van der Waals surface area contributed by atoms with Crippen molar-refractivity contribution in [2.24, 2.45) is 5.92 Å². The summed E-state index contributed by atoms with van der Waals surface area (Å²) < 4.78 is 5.98. The lowest BCUT2D eigenvalue weighted by molar-refractivity contribution is 0.128. The Balaban J connectivity index is 1.90. The Morgan fingerprint density at radius 3 is 2.44 bits per heavy atom. The number of nitrogens with one attached hydrogen (secondary N) is 1. The van der Waals surface area contributed by atoms with Crippen molar-refractivity contribution in [3.8, 4) is 5.75 Å². The van der Waals surface area contributed by atoms with Crippen molar-refractivity contribution in [1.29, 1.82) is 0 Å². The summed E-state index contributed by atoms with van der Waals surface area (Å²) in [6.45, 7) is 6.55. The normalized spacial score (nSPS) is 19.4. The molecule has 1 aliphatic heterocycles. The molecule has 0 aromatic heterocycles. The zero-order chi connectivity index (χ0) is 11.4. The Labute approximate surface area is 98.0 Å². The van der Waals surface area contributed by atoms with Crippen molar-refractivity contribution in [3.63, 3.8) is 0 Å². The summed E-state index contributed by atoms with van der Waals surface area (Å²) >= 11 is 0. The van der Waals surface area contributed by atoms with Gasteiger partial charge in [0.25, 0.3) is 0 Å². The van der Waals surface area contributed by atoms with E-state index in [0.29, 0.717) is 12.0 Å². The van der Waals surface area contributed by atoms with Gasteiger partial charge in [0, 0.05) is 0 Å². The van der Waals surface area contributed by atoms with Crippen molar-refractivity contribution in [2.45, 2.75) is 32.8 Å². The minimum absolute atomic E-state index is 0.324. The third-order valence-corrected chi connectivity index (χ3v) is 3.39. The monoisotopic (exact) mass is 219 g/mol. The first-order valence-electron chi connectivity index (χ1n) is 6.20. The average molecular weight is 219 g/mol. The van der Waals surface area contributed by atoms with Gasteiger partial charge in [0.05, 0.1) is 6.10 Å². The molecule has 1 atom stereocenters. The summed E-state index contributed by atoms with van der Waals surface area (Å²) in [5, 5.41) is 3.39. The number of ether oxygens (including phenoxy) is 1. The number of rotatable bonds is 3. The highest BCUT2D eigenvalue weighted by molar-refractivity contribution is 5.26. The van der Waals surface area contributed by atoms with Gasteiger partial charge in [-0.2, -0.15) is 0 Å². The highest BCUT2D eigenvalue weighted by Gasteiger charge is 2.20. The van der Waals surface area contributed by atoms with Crippen LogP contribution in [0.4, 0.5) is 0 Å². The van der Waals surface area contributed by atoms with E-state index in [2.05, 4.69) is 43.4 Å². The maximum Gasteiger partial charge on any atom is 0.119 e. The first-order chi connectivity index (χ1) is 7.75. The van der Waals surface area contributed by atoms with Crippen molar-refractivity contribution in [1.82, 2.24) is 5.32 Å². The van der Waals surface area contributed by atoms with Gasteiger partial charge < -0.3 is 10.1 Å². The molecule has 1 N–H and O–H groups in total. The molecule has 1 saturated heterocycles. The quantitative estimate of drug-likeness (QED) is 0.844. The van der Waals surface area contributed by atoms with Gasteiger partial charge in [0.2, 0.25) is 0 Å². The van der Waals surface area contributed by atoms with Gasteiger partial charge in [-0.15, -0.1) is 0 Å². The number of hydrogen-bond acceptors (Lipinski definition) is 2. The summed E-state index contributed by atoms with van der Waals surface area (Å²) in [7, 11) is 0. The fourth-order valence-electron chi connectivity index (χ4n) is 2.24. The van der Waals surface area contributed by atoms with Crippen LogP contribution in [-0.2, 0) is 0 Å². The molecular formula is C14H21NO. The molecule has 0 radical (unpaired) electrons. The Hall–Kier alpha value is -1.02. The molecule has 2 rings (SSSR count). The highest BCUT2D eigenvalue weighted by Crippen LogP contribution is 2.21. The Bertz CT molecular complexity index is 314. The Morgan fingerprint density at radius 2 is 1.81 bits per heavy atom. The van der Waals surface area contributed by atoms with Crippen molar-refractivity contribution < 1.29 is 4.74 Å². The maximum absolute atomic E-state index is 5.98. The molecule has 1 fully saturated rings. The number of benzene rings is 1. The van der Waals surface area contributed by atoms with E-state index < -0.39 is 0 Å². The molecule has 1 heterocycles. The smallest absolute Gasteiger partial charge is 0.119 e. The molecule has 1 aliphatic rings. The first kappa shape index (κ1) is 11.5. The van der Waals surface area contributed by atoms with Crippen LogP contribution in [0.1, 0.15) is 25.3 Å². The first-order valence-corrected chi connectivity index (χ1v) is 6.20. The third kappa shape index (κ3) is 2.99. The average Bonchev–Trinajstić information content (AvgIpc) is 2.33. The second kappa shape index (κ2) is 5.35. The second-order valence-corrected chi connectivity index (χ2v) is 4.72. The molecule has 0 spiro atoms. The second-order valence-electron chi connectivity index (χ2n) is 4.72. The van der Waals surface area contributed by atoms with E-state index >= 15 is 0 Å². The molecule has 1 unspecified atom stereocenters. The van der Waals surface area contributed by atoms with E-state index in [1.807, 2.05) is 0 Å². The van der Waals surface area contributed by atoms with Gasteiger partial charge in [-0.05, 0) is 57.8 Å². The summed E-state index contributed by atoms with van der Waals surface area (Å²) in [5.74, 6) is 1.69. The SMILES string of the molecule is Cc1ccc(OC(C)C2CCNCC2)cc1. The third-order valence-electron chi connectivity index (χ3n) is 3.39. The van der Waals surface area contributed by atoms with E-state index in [0.717, 1.165) is 18.8 Å². The number of aryl methyl sites for hydroxylation is 1. The molecule has 16 heavy (non-hydrogen) atoms. The van der Waals surface area contributed by atoms with Crippen LogP contribution in [0.5, 0.6) is 5.75 Å². The maximum atomic E-state index is 5.98. The Morgan fingerprint density at radius 1 is 1.19 bits per heavy atom. The highest BCUT2D eigenvalue weighted by atomic mass is 16.5. The van der Waals surface area contributed by atoms with Gasteiger partial charge in [-0.25, -0.2) is 0 Å². The fraction of sp³-hybridized carbons (Fsp3) is 0.571. The minimum atomic E-state index is 0.324. The fourth-order valence-corrected chi connectivity index (χ4v) is 2.24. The lowest BCUT2D eigenvalue weighted by Crippen LogP contribution is -2.35. The van der Waals surface area contributed by atoms with Crippen LogP contribution in [0.25, 0.3) is 0 Å². The molecular weight excluding hydrogens is 198 g/mol. The number of piperidine rings is 1. The largest absolute Gasteiger partial charge is 0.490 e. The van der Waals surface area contributed by atoms with Crippen LogP contribution in [0.2, 0.25) is 0 Å². The van der Waals surface area contributed by atoms with Gasteiger partial charge in [-0.3, -0.25) is 0 Å². The zero-order valence-electron chi connectivity index (χ0n) is 10.2. The van der Waals surface area contributed by atoms with E-state index in [4.69, 9.17) is 4.74 Å². The molecule has 88 valence electrons. The van der Waals surface area contributed by atoms with Crippen molar-refractivity contribution in [2.75, 3.05) is 13.1 Å². The molecule has 2 heteroatoms. The predicted octanol–water partition coefficient (Wildman–Crippen LogP) is 2.76. The van der Waals surface area contributed by atoms with Crippen molar-refractivity contribution >= 4 is 0 Å². The summed E-state index contributed by atoms with van der Waals surface area (Å²) in [4.78, 5) is 0.